The molecule has 1 N–H and O–H groups in total. The Morgan fingerprint density at radius 1 is 1.33 bits per heavy atom. The Labute approximate surface area is 144 Å². The minimum absolute atomic E-state index is 0.0820. The normalized spacial score (nSPS) is 17.6. The van der Waals surface area contributed by atoms with Crippen LogP contribution in [0.1, 0.15) is 29.0 Å². The number of aromatic nitrogens is 1. The smallest absolute Gasteiger partial charge is 0.253 e. The van der Waals surface area contributed by atoms with Crippen molar-refractivity contribution < 1.29 is 14.1 Å². The lowest BCUT2D eigenvalue weighted by Crippen LogP contribution is -2.43. The van der Waals surface area contributed by atoms with Crippen molar-refractivity contribution >= 4 is 29.2 Å². The molecule has 1 saturated heterocycles. The van der Waals surface area contributed by atoms with Crippen molar-refractivity contribution in [3.05, 3.63) is 46.7 Å². The Kier molecular flexibility index (Phi) is 4.85. The fourth-order valence-electron chi connectivity index (χ4n) is 2.80. The van der Waals surface area contributed by atoms with Gasteiger partial charge in [0.05, 0.1) is 5.92 Å². The monoisotopic (exact) mass is 347 g/mol. The third kappa shape index (κ3) is 3.76. The lowest BCUT2D eigenvalue weighted by molar-refractivity contribution is -0.121. The summed E-state index contributed by atoms with van der Waals surface area (Å²) in [5, 5.41) is 7.09. The van der Waals surface area contributed by atoms with Crippen LogP contribution < -0.4 is 5.32 Å². The van der Waals surface area contributed by atoms with Crippen LogP contribution in [0.3, 0.4) is 0 Å². The summed E-state index contributed by atoms with van der Waals surface area (Å²) < 4.78 is 4.94. The van der Waals surface area contributed by atoms with Crippen molar-refractivity contribution in [3.63, 3.8) is 0 Å². The van der Waals surface area contributed by atoms with Gasteiger partial charge in [0, 0.05) is 29.7 Å². The van der Waals surface area contributed by atoms with Crippen molar-refractivity contribution in [2.24, 2.45) is 5.92 Å². The molecule has 0 aliphatic carbocycles. The van der Waals surface area contributed by atoms with Gasteiger partial charge in [-0.25, -0.2) is 0 Å². The summed E-state index contributed by atoms with van der Waals surface area (Å²) in [7, 11) is 0. The summed E-state index contributed by atoms with van der Waals surface area (Å²) in [5.74, 6) is 0.553. The molecule has 1 aromatic carbocycles. The number of rotatable bonds is 3. The second kappa shape index (κ2) is 7.05. The standard InChI is InChI=1S/C17H18ClN3O3/c1-11-9-15(20-24-11)19-16(22)13-3-2-8-21(10-13)17(23)12-4-6-14(18)7-5-12/h4-7,9,13H,2-3,8,10H2,1H3,(H,19,20,22). The molecule has 0 spiro atoms. The lowest BCUT2D eigenvalue weighted by Gasteiger charge is -2.32. The zero-order valence-electron chi connectivity index (χ0n) is 13.3. The molecule has 1 aliphatic rings. The van der Waals surface area contributed by atoms with Gasteiger partial charge in [-0.15, -0.1) is 0 Å². The zero-order chi connectivity index (χ0) is 17.1. The number of hydrogen-bond acceptors (Lipinski definition) is 4. The van der Waals surface area contributed by atoms with Crippen LogP contribution in [0, 0.1) is 12.8 Å². The van der Waals surface area contributed by atoms with Gasteiger partial charge in [0.1, 0.15) is 5.76 Å². The van der Waals surface area contributed by atoms with Crippen LogP contribution in [0.15, 0.2) is 34.9 Å². The van der Waals surface area contributed by atoms with Gasteiger partial charge in [0.2, 0.25) is 5.91 Å². The van der Waals surface area contributed by atoms with Crippen molar-refractivity contribution in [3.8, 4) is 0 Å². The van der Waals surface area contributed by atoms with E-state index in [9.17, 15) is 9.59 Å². The molecule has 0 bridgehead atoms. The average Bonchev–Trinajstić information content (AvgIpc) is 3.00. The highest BCUT2D eigenvalue weighted by Gasteiger charge is 2.29. The van der Waals surface area contributed by atoms with Crippen LogP contribution in [-0.4, -0.2) is 35.0 Å². The van der Waals surface area contributed by atoms with Gasteiger partial charge in [-0.1, -0.05) is 16.8 Å². The van der Waals surface area contributed by atoms with Gasteiger partial charge >= 0.3 is 0 Å². The van der Waals surface area contributed by atoms with Crippen LogP contribution in [-0.2, 0) is 4.79 Å². The zero-order valence-corrected chi connectivity index (χ0v) is 14.0. The fourth-order valence-corrected chi connectivity index (χ4v) is 2.93. The molecule has 1 aliphatic heterocycles. The van der Waals surface area contributed by atoms with Crippen molar-refractivity contribution in [1.29, 1.82) is 0 Å². The number of amides is 2. The highest BCUT2D eigenvalue weighted by Crippen LogP contribution is 2.21. The van der Waals surface area contributed by atoms with Crippen LogP contribution in [0.4, 0.5) is 5.82 Å². The first-order valence-electron chi connectivity index (χ1n) is 7.82. The Balaban J connectivity index is 1.64. The Bertz CT molecular complexity index is 742. The third-order valence-corrected chi connectivity index (χ3v) is 4.30. The molecule has 3 rings (SSSR count). The van der Waals surface area contributed by atoms with Crippen LogP contribution >= 0.6 is 11.6 Å². The number of benzene rings is 1. The van der Waals surface area contributed by atoms with Crippen LogP contribution in [0.5, 0.6) is 0 Å². The molecule has 2 amide bonds. The molecular weight excluding hydrogens is 330 g/mol. The Hall–Kier alpha value is -2.34. The summed E-state index contributed by atoms with van der Waals surface area (Å²) in [6, 6.07) is 8.45. The second-order valence-corrected chi connectivity index (χ2v) is 6.35. The van der Waals surface area contributed by atoms with E-state index < -0.39 is 0 Å². The molecule has 1 unspecified atom stereocenters. The van der Waals surface area contributed by atoms with E-state index in [1.54, 1.807) is 42.2 Å². The highest BCUT2D eigenvalue weighted by atomic mass is 35.5. The molecule has 0 saturated carbocycles. The molecule has 2 aromatic rings. The number of hydrogen-bond donors (Lipinski definition) is 1. The number of halogens is 1. The van der Waals surface area contributed by atoms with E-state index in [-0.39, 0.29) is 17.7 Å². The first kappa shape index (κ1) is 16.5. The molecule has 7 heteroatoms. The number of nitrogens with one attached hydrogen (secondary N) is 1. The molecule has 24 heavy (non-hydrogen) atoms. The van der Waals surface area contributed by atoms with Crippen molar-refractivity contribution in [2.45, 2.75) is 19.8 Å². The van der Waals surface area contributed by atoms with E-state index >= 15 is 0 Å². The predicted molar refractivity (Wildman–Crippen MR) is 89.9 cm³/mol. The summed E-state index contributed by atoms with van der Waals surface area (Å²) in [6.45, 7) is 2.80. The molecule has 2 heterocycles. The quantitative estimate of drug-likeness (QED) is 0.925. The maximum atomic E-state index is 12.6. The molecule has 0 radical (unpaired) electrons. The third-order valence-electron chi connectivity index (χ3n) is 4.05. The molecule has 6 nitrogen and oxygen atoms in total. The molecular formula is C17H18ClN3O3. The van der Waals surface area contributed by atoms with Gasteiger partial charge in [-0.2, -0.15) is 0 Å². The van der Waals surface area contributed by atoms with E-state index in [2.05, 4.69) is 10.5 Å². The first-order valence-corrected chi connectivity index (χ1v) is 8.20. The number of carbonyl (C=O) groups excluding carboxylic acids is 2. The van der Waals surface area contributed by atoms with E-state index in [1.165, 1.54) is 0 Å². The van der Waals surface area contributed by atoms with Crippen molar-refractivity contribution in [2.75, 3.05) is 18.4 Å². The summed E-state index contributed by atoms with van der Waals surface area (Å²) in [6.07, 6.45) is 1.53. The van der Waals surface area contributed by atoms with E-state index in [4.69, 9.17) is 16.1 Å². The number of anilines is 1. The molecule has 1 fully saturated rings. The van der Waals surface area contributed by atoms with E-state index in [1.807, 2.05) is 0 Å². The van der Waals surface area contributed by atoms with E-state index in [0.29, 0.717) is 35.3 Å². The largest absolute Gasteiger partial charge is 0.360 e. The Morgan fingerprint density at radius 3 is 2.75 bits per heavy atom. The maximum Gasteiger partial charge on any atom is 0.253 e. The number of nitrogens with zero attached hydrogens (tertiary/aromatic N) is 2. The number of likely N-dealkylation sites (tertiary alicyclic amines) is 1. The second-order valence-electron chi connectivity index (χ2n) is 5.91. The first-order chi connectivity index (χ1) is 11.5. The van der Waals surface area contributed by atoms with Gasteiger partial charge in [0.25, 0.3) is 5.91 Å². The number of carbonyl (C=O) groups is 2. The molecule has 1 aromatic heterocycles. The summed E-state index contributed by atoms with van der Waals surface area (Å²) >= 11 is 5.85. The number of piperidine rings is 1. The Morgan fingerprint density at radius 2 is 2.08 bits per heavy atom. The predicted octanol–water partition coefficient (Wildman–Crippen LogP) is 3.13. The fraction of sp³-hybridized carbons (Fsp3) is 0.353. The molecule has 1 atom stereocenters. The average molecular weight is 348 g/mol. The SMILES string of the molecule is Cc1cc(NC(=O)C2CCCN(C(=O)c3ccc(Cl)cc3)C2)no1. The topological polar surface area (TPSA) is 75.4 Å². The van der Waals surface area contributed by atoms with Gasteiger partial charge < -0.3 is 14.7 Å². The minimum Gasteiger partial charge on any atom is -0.360 e. The van der Waals surface area contributed by atoms with Crippen LogP contribution in [0.2, 0.25) is 5.02 Å². The number of aryl methyl sites for hydroxylation is 1. The van der Waals surface area contributed by atoms with Gasteiger partial charge in [0.15, 0.2) is 5.82 Å². The van der Waals surface area contributed by atoms with Crippen LogP contribution in [0.25, 0.3) is 0 Å². The van der Waals surface area contributed by atoms with Crippen molar-refractivity contribution in [1.82, 2.24) is 10.1 Å². The maximum absolute atomic E-state index is 12.6. The van der Waals surface area contributed by atoms with Gasteiger partial charge in [-0.3, -0.25) is 9.59 Å². The lowest BCUT2D eigenvalue weighted by atomic mass is 9.96. The summed E-state index contributed by atoms with van der Waals surface area (Å²) in [4.78, 5) is 26.7. The molecule has 126 valence electrons. The van der Waals surface area contributed by atoms with Gasteiger partial charge in [-0.05, 0) is 44.0 Å². The van der Waals surface area contributed by atoms with E-state index in [0.717, 1.165) is 12.8 Å². The summed E-state index contributed by atoms with van der Waals surface area (Å²) in [5.41, 5.74) is 0.576. The minimum atomic E-state index is -0.257. The highest BCUT2D eigenvalue weighted by molar-refractivity contribution is 6.30.